The third-order valence-corrected chi connectivity index (χ3v) is 2.18. The Hall–Kier alpha value is -1.02. The monoisotopic (exact) mass is 208 g/mol. The number of hydrogen-bond donors (Lipinski definition) is 1. The van der Waals surface area contributed by atoms with Crippen molar-refractivity contribution in [3.05, 3.63) is 29.3 Å². The molecule has 0 aliphatic carbocycles. The summed E-state index contributed by atoms with van der Waals surface area (Å²) in [6.07, 6.45) is 0.667. The number of aliphatic hydroxyl groups is 1. The fourth-order valence-corrected chi connectivity index (χ4v) is 1.64. The zero-order chi connectivity index (χ0) is 11.5. The van der Waals surface area contributed by atoms with Crippen molar-refractivity contribution in [2.45, 2.75) is 39.7 Å². The summed E-state index contributed by atoms with van der Waals surface area (Å²) in [7, 11) is 0. The summed E-state index contributed by atoms with van der Waals surface area (Å²) < 4.78 is 5.46. The van der Waals surface area contributed by atoms with E-state index in [-0.39, 0.29) is 0 Å². The van der Waals surface area contributed by atoms with E-state index in [2.05, 4.69) is 6.07 Å². The van der Waals surface area contributed by atoms with Crippen LogP contribution < -0.4 is 4.74 Å². The predicted molar refractivity (Wildman–Crippen MR) is 62.3 cm³/mol. The van der Waals surface area contributed by atoms with E-state index in [1.54, 1.807) is 0 Å². The van der Waals surface area contributed by atoms with Gasteiger partial charge < -0.3 is 9.84 Å². The van der Waals surface area contributed by atoms with Gasteiger partial charge in [-0.2, -0.15) is 0 Å². The second-order valence-corrected chi connectivity index (χ2v) is 4.52. The van der Waals surface area contributed by atoms with Gasteiger partial charge in [0.15, 0.2) is 0 Å². The fraction of sp³-hybridized carbons (Fsp3) is 0.538. The van der Waals surface area contributed by atoms with E-state index in [4.69, 9.17) is 4.74 Å². The van der Waals surface area contributed by atoms with Gasteiger partial charge in [0.25, 0.3) is 0 Å². The van der Waals surface area contributed by atoms with Crippen LogP contribution >= 0.6 is 0 Å². The standard InChI is InChI=1S/C13H20O2/c1-5-15-12-7-6-11(8-10(12)2)9-13(3,4)14/h6-8,14H,5,9H2,1-4H3. The highest BCUT2D eigenvalue weighted by atomic mass is 16.5. The van der Waals surface area contributed by atoms with Crippen molar-refractivity contribution in [3.63, 3.8) is 0 Å². The Kier molecular flexibility index (Phi) is 3.75. The molecule has 0 spiro atoms. The summed E-state index contributed by atoms with van der Waals surface area (Å²) in [6.45, 7) is 8.33. The lowest BCUT2D eigenvalue weighted by Gasteiger charge is -2.18. The first kappa shape index (κ1) is 12.1. The van der Waals surface area contributed by atoms with E-state index in [0.717, 1.165) is 16.9 Å². The lowest BCUT2D eigenvalue weighted by atomic mass is 9.97. The average molecular weight is 208 g/mol. The minimum atomic E-state index is -0.653. The van der Waals surface area contributed by atoms with Crippen LogP contribution in [0.4, 0.5) is 0 Å². The van der Waals surface area contributed by atoms with Crippen LogP contribution in [0.2, 0.25) is 0 Å². The van der Waals surface area contributed by atoms with Crippen molar-refractivity contribution < 1.29 is 9.84 Å². The van der Waals surface area contributed by atoms with Gasteiger partial charge in [-0.15, -0.1) is 0 Å². The summed E-state index contributed by atoms with van der Waals surface area (Å²) >= 11 is 0. The van der Waals surface area contributed by atoms with Crippen molar-refractivity contribution in [2.75, 3.05) is 6.61 Å². The van der Waals surface area contributed by atoms with Gasteiger partial charge in [-0.05, 0) is 44.9 Å². The lowest BCUT2D eigenvalue weighted by Crippen LogP contribution is -2.21. The molecule has 0 fully saturated rings. The van der Waals surface area contributed by atoms with E-state index in [0.29, 0.717) is 13.0 Å². The quantitative estimate of drug-likeness (QED) is 0.824. The van der Waals surface area contributed by atoms with Gasteiger partial charge in [-0.1, -0.05) is 12.1 Å². The van der Waals surface area contributed by atoms with Crippen LogP contribution in [0.1, 0.15) is 31.9 Å². The Morgan fingerprint density at radius 2 is 2.00 bits per heavy atom. The molecule has 1 N–H and O–H groups in total. The molecule has 0 aliphatic rings. The molecule has 0 saturated heterocycles. The average Bonchev–Trinajstić information content (AvgIpc) is 2.07. The fourth-order valence-electron chi connectivity index (χ4n) is 1.64. The molecule has 1 rings (SSSR count). The maximum atomic E-state index is 9.70. The molecule has 0 bridgehead atoms. The van der Waals surface area contributed by atoms with Crippen LogP contribution in [0.3, 0.4) is 0 Å². The van der Waals surface area contributed by atoms with E-state index >= 15 is 0 Å². The lowest BCUT2D eigenvalue weighted by molar-refractivity contribution is 0.0810. The largest absolute Gasteiger partial charge is 0.494 e. The molecule has 0 aromatic heterocycles. The second-order valence-electron chi connectivity index (χ2n) is 4.52. The van der Waals surface area contributed by atoms with Crippen molar-refractivity contribution in [2.24, 2.45) is 0 Å². The van der Waals surface area contributed by atoms with Crippen LogP contribution in [0.25, 0.3) is 0 Å². The Bertz CT molecular complexity index is 324. The Morgan fingerprint density at radius 3 is 2.47 bits per heavy atom. The molecule has 0 aliphatic heterocycles. The summed E-state index contributed by atoms with van der Waals surface area (Å²) in [4.78, 5) is 0. The SMILES string of the molecule is CCOc1ccc(CC(C)(C)O)cc1C. The van der Waals surface area contributed by atoms with Gasteiger partial charge in [-0.25, -0.2) is 0 Å². The van der Waals surface area contributed by atoms with Crippen LogP contribution in [0.5, 0.6) is 5.75 Å². The van der Waals surface area contributed by atoms with E-state index in [1.165, 1.54) is 0 Å². The third kappa shape index (κ3) is 3.92. The van der Waals surface area contributed by atoms with Gasteiger partial charge in [0, 0.05) is 6.42 Å². The second kappa shape index (κ2) is 4.67. The van der Waals surface area contributed by atoms with Crippen molar-refractivity contribution >= 4 is 0 Å². The highest BCUT2D eigenvalue weighted by molar-refractivity contribution is 5.36. The Labute approximate surface area is 91.9 Å². The maximum absolute atomic E-state index is 9.70. The van der Waals surface area contributed by atoms with Gasteiger partial charge in [0.1, 0.15) is 5.75 Å². The molecule has 15 heavy (non-hydrogen) atoms. The zero-order valence-electron chi connectivity index (χ0n) is 10.0. The normalized spacial score (nSPS) is 11.5. The highest BCUT2D eigenvalue weighted by Gasteiger charge is 2.13. The van der Waals surface area contributed by atoms with Crippen LogP contribution in [-0.4, -0.2) is 17.3 Å². The van der Waals surface area contributed by atoms with Crippen molar-refractivity contribution in [3.8, 4) is 5.75 Å². The van der Waals surface area contributed by atoms with Crippen molar-refractivity contribution in [1.82, 2.24) is 0 Å². The number of benzene rings is 1. The van der Waals surface area contributed by atoms with Gasteiger partial charge in [-0.3, -0.25) is 0 Å². The minimum Gasteiger partial charge on any atom is -0.494 e. The predicted octanol–water partition coefficient (Wildman–Crippen LogP) is 2.71. The van der Waals surface area contributed by atoms with Crippen molar-refractivity contribution in [1.29, 1.82) is 0 Å². The molecule has 2 heteroatoms. The first-order valence-corrected chi connectivity index (χ1v) is 5.37. The smallest absolute Gasteiger partial charge is 0.122 e. The zero-order valence-corrected chi connectivity index (χ0v) is 10.0. The molecule has 84 valence electrons. The Balaban J connectivity index is 2.82. The van der Waals surface area contributed by atoms with E-state index in [1.807, 2.05) is 39.8 Å². The first-order valence-electron chi connectivity index (χ1n) is 5.37. The molecule has 0 radical (unpaired) electrons. The maximum Gasteiger partial charge on any atom is 0.122 e. The van der Waals surface area contributed by atoms with Gasteiger partial charge in [0.05, 0.1) is 12.2 Å². The topological polar surface area (TPSA) is 29.5 Å². The molecule has 1 aromatic rings. The Morgan fingerprint density at radius 1 is 1.33 bits per heavy atom. The van der Waals surface area contributed by atoms with Gasteiger partial charge in [0.2, 0.25) is 0 Å². The molecule has 0 amide bonds. The molecular formula is C13H20O2. The molecule has 0 heterocycles. The molecule has 2 nitrogen and oxygen atoms in total. The van der Waals surface area contributed by atoms with E-state index in [9.17, 15) is 5.11 Å². The molecule has 1 aromatic carbocycles. The first-order chi connectivity index (χ1) is 6.92. The summed E-state index contributed by atoms with van der Waals surface area (Å²) in [5.74, 6) is 0.928. The van der Waals surface area contributed by atoms with Gasteiger partial charge >= 0.3 is 0 Å². The molecule has 0 unspecified atom stereocenters. The minimum absolute atomic E-state index is 0.653. The number of aryl methyl sites for hydroxylation is 1. The summed E-state index contributed by atoms with van der Waals surface area (Å²) in [5.41, 5.74) is 1.61. The van der Waals surface area contributed by atoms with Crippen LogP contribution in [0, 0.1) is 6.92 Å². The molecule has 0 saturated carbocycles. The third-order valence-electron chi connectivity index (χ3n) is 2.18. The highest BCUT2D eigenvalue weighted by Crippen LogP contribution is 2.21. The number of hydrogen-bond acceptors (Lipinski definition) is 2. The van der Waals surface area contributed by atoms with Crippen LogP contribution in [0.15, 0.2) is 18.2 Å². The number of rotatable bonds is 4. The van der Waals surface area contributed by atoms with Crippen LogP contribution in [-0.2, 0) is 6.42 Å². The summed E-state index contributed by atoms with van der Waals surface area (Å²) in [6, 6.07) is 6.05. The van der Waals surface area contributed by atoms with E-state index < -0.39 is 5.60 Å². The summed E-state index contributed by atoms with van der Waals surface area (Å²) in [5, 5.41) is 9.70. The number of ether oxygens (including phenoxy) is 1. The molecular weight excluding hydrogens is 188 g/mol. The molecule has 0 atom stereocenters.